The SMILES string of the molecule is C=C(C)C(=O)OCCCCCC1CCC(CCCC)CC1. The first kappa shape index (κ1) is 18.3. The van der Waals surface area contributed by atoms with E-state index < -0.39 is 0 Å². The lowest BCUT2D eigenvalue weighted by molar-refractivity contribution is -0.139. The molecule has 1 fully saturated rings. The predicted molar refractivity (Wildman–Crippen MR) is 89.2 cm³/mol. The van der Waals surface area contributed by atoms with Crippen molar-refractivity contribution >= 4 is 5.97 Å². The minimum Gasteiger partial charge on any atom is -0.462 e. The van der Waals surface area contributed by atoms with Gasteiger partial charge in [-0.05, 0) is 25.2 Å². The van der Waals surface area contributed by atoms with Gasteiger partial charge in [0, 0.05) is 5.57 Å². The van der Waals surface area contributed by atoms with E-state index in [0.717, 1.165) is 18.3 Å². The van der Waals surface area contributed by atoms with E-state index in [-0.39, 0.29) is 5.97 Å². The van der Waals surface area contributed by atoms with E-state index in [2.05, 4.69) is 13.5 Å². The number of hydrogen-bond donors (Lipinski definition) is 0. The Labute approximate surface area is 131 Å². The van der Waals surface area contributed by atoms with Gasteiger partial charge in [0.2, 0.25) is 0 Å². The Morgan fingerprint density at radius 2 is 1.57 bits per heavy atom. The maximum absolute atomic E-state index is 11.2. The summed E-state index contributed by atoms with van der Waals surface area (Å²) in [5.74, 6) is 1.73. The van der Waals surface area contributed by atoms with Crippen LogP contribution >= 0.6 is 0 Å². The van der Waals surface area contributed by atoms with Crippen molar-refractivity contribution in [3.05, 3.63) is 12.2 Å². The van der Waals surface area contributed by atoms with Crippen LogP contribution in [0.3, 0.4) is 0 Å². The molecule has 0 aromatic carbocycles. The minimum atomic E-state index is -0.250. The number of unbranched alkanes of at least 4 members (excludes halogenated alkanes) is 3. The van der Waals surface area contributed by atoms with Gasteiger partial charge in [0.25, 0.3) is 0 Å². The lowest BCUT2D eigenvalue weighted by atomic mass is 9.78. The van der Waals surface area contributed by atoms with Crippen LogP contribution in [-0.4, -0.2) is 12.6 Å². The third-order valence-corrected chi connectivity index (χ3v) is 4.77. The second-order valence-corrected chi connectivity index (χ2v) is 6.79. The number of carbonyl (C=O) groups is 1. The second kappa shape index (κ2) is 10.9. The Balaban J connectivity index is 1.95. The van der Waals surface area contributed by atoms with Crippen molar-refractivity contribution in [2.75, 3.05) is 6.61 Å². The van der Waals surface area contributed by atoms with Gasteiger partial charge in [0.05, 0.1) is 6.61 Å². The van der Waals surface area contributed by atoms with Gasteiger partial charge in [-0.1, -0.05) is 77.7 Å². The van der Waals surface area contributed by atoms with Gasteiger partial charge in [0.15, 0.2) is 0 Å². The second-order valence-electron chi connectivity index (χ2n) is 6.79. The molecule has 1 saturated carbocycles. The molecule has 0 amide bonds. The molecule has 0 bridgehead atoms. The van der Waals surface area contributed by atoms with Crippen LogP contribution in [0.1, 0.15) is 84.5 Å². The molecule has 0 aromatic heterocycles. The first-order valence-electron chi connectivity index (χ1n) is 8.96. The van der Waals surface area contributed by atoms with E-state index in [1.54, 1.807) is 6.92 Å². The van der Waals surface area contributed by atoms with Crippen molar-refractivity contribution in [1.82, 2.24) is 0 Å². The number of carbonyl (C=O) groups excluding carboxylic acids is 1. The average molecular weight is 294 g/mol. The van der Waals surface area contributed by atoms with Gasteiger partial charge in [-0.3, -0.25) is 0 Å². The first-order chi connectivity index (χ1) is 10.1. The topological polar surface area (TPSA) is 26.3 Å². The largest absolute Gasteiger partial charge is 0.462 e. The van der Waals surface area contributed by atoms with Crippen molar-refractivity contribution in [2.45, 2.75) is 84.5 Å². The summed E-state index contributed by atoms with van der Waals surface area (Å²) in [7, 11) is 0. The van der Waals surface area contributed by atoms with Crippen LogP contribution in [-0.2, 0) is 9.53 Å². The molecule has 0 saturated heterocycles. The van der Waals surface area contributed by atoms with Crippen LogP contribution in [0.25, 0.3) is 0 Å². The molecule has 1 rings (SSSR count). The number of ether oxygens (including phenoxy) is 1. The van der Waals surface area contributed by atoms with E-state index >= 15 is 0 Å². The molecular weight excluding hydrogens is 260 g/mol. The first-order valence-corrected chi connectivity index (χ1v) is 8.96. The van der Waals surface area contributed by atoms with Crippen molar-refractivity contribution in [1.29, 1.82) is 0 Å². The lowest BCUT2D eigenvalue weighted by Gasteiger charge is -2.28. The summed E-state index contributed by atoms with van der Waals surface area (Å²) in [4.78, 5) is 11.2. The minimum absolute atomic E-state index is 0.250. The fourth-order valence-corrected chi connectivity index (χ4v) is 3.30. The zero-order valence-electron chi connectivity index (χ0n) is 14.2. The number of rotatable bonds is 10. The number of hydrogen-bond acceptors (Lipinski definition) is 2. The van der Waals surface area contributed by atoms with E-state index in [1.165, 1.54) is 64.2 Å². The molecular formula is C19H34O2. The zero-order valence-corrected chi connectivity index (χ0v) is 14.2. The average Bonchev–Trinajstić information content (AvgIpc) is 2.49. The van der Waals surface area contributed by atoms with Crippen LogP contribution in [0.2, 0.25) is 0 Å². The standard InChI is InChI=1S/C19H34O2/c1-4-5-9-17-11-13-18(14-12-17)10-7-6-8-15-21-19(20)16(2)3/h17-18H,2,4-15H2,1,3H3. The molecule has 0 heterocycles. The molecule has 0 radical (unpaired) electrons. The zero-order chi connectivity index (χ0) is 15.5. The van der Waals surface area contributed by atoms with E-state index in [0.29, 0.717) is 12.2 Å². The van der Waals surface area contributed by atoms with Crippen molar-refractivity contribution in [3.8, 4) is 0 Å². The molecule has 0 aromatic rings. The summed E-state index contributed by atoms with van der Waals surface area (Å²) in [6.07, 6.45) is 14.8. The van der Waals surface area contributed by atoms with Gasteiger partial charge in [-0.2, -0.15) is 0 Å². The summed E-state index contributed by atoms with van der Waals surface area (Å²) < 4.78 is 5.11. The molecule has 122 valence electrons. The summed E-state index contributed by atoms with van der Waals surface area (Å²) in [6, 6.07) is 0. The Morgan fingerprint density at radius 3 is 2.10 bits per heavy atom. The maximum Gasteiger partial charge on any atom is 0.333 e. The summed E-state index contributed by atoms with van der Waals surface area (Å²) in [6.45, 7) is 8.12. The quantitative estimate of drug-likeness (QED) is 0.295. The summed E-state index contributed by atoms with van der Waals surface area (Å²) >= 11 is 0. The Hall–Kier alpha value is -0.790. The Kier molecular flexibility index (Phi) is 9.45. The highest BCUT2D eigenvalue weighted by Gasteiger charge is 2.20. The highest BCUT2D eigenvalue weighted by molar-refractivity contribution is 5.86. The monoisotopic (exact) mass is 294 g/mol. The Bertz CT molecular complexity index is 301. The highest BCUT2D eigenvalue weighted by atomic mass is 16.5. The fraction of sp³-hybridized carbons (Fsp3) is 0.842. The van der Waals surface area contributed by atoms with Crippen LogP contribution in [0.4, 0.5) is 0 Å². The van der Waals surface area contributed by atoms with Gasteiger partial charge in [-0.15, -0.1) is 0 Å². The maximum atomic E-state index is 11.2. The van der Waals surface area contributed by atoms with Crippen molar-refractivity contribution in [2.24, 2.45) is 11.8 Å². The fourth-order valence-electron chi connectivity index (χ4n) is 3.30. The number of esters is 1. The van der Waals surface area contributed by atoms with E-state index in [1.807, 2.05) is 0 Å². The van der Waals surface area contributed by atoms with Gasteiger partial charge < -0.3 is 4.74 Å². The van der Waals surface area contributed by atoms with Gasteiger partial charge in [0.1, 0.15) is 0 Å². The highest BCUT2D eigenvalue weighted by Crippen LogP contribution is 2.34. The molecule has 0 N–H and O–H groups in total. The van der Waals surface area contributed by atoms with Crippen molar-refractivity contribution < 1.29 is 9.53 Å². The molecule has 1 aliphatic carbocycles. The summed E-state index contributed by atoms with van der Waals surface area (Å²) in [5, 5.41) is 0. The predicted octanol–water partition coefficient (Wildman–Crippen LogP) is 5.66. The normalized spacial score (nSPS) is 22.0. The molecule has 0 unspecified atom stereocenters. The van der Waals surface area contributed by atoms with Crippen LogP contribution in [0.5, 0.6) is 0 Å². The van der Waals surface area contributed by atoms with Crippen LogP contribution < -0.4 is 0 Å². The molecule has 2 heteroatoms. The van der Waals surface area contributed by atoms with Gasteiger partial charge in [-0.25, -0.2) is 4.79 Å². The molecule has 1 aliphatic rings. The van der Waals surface area contributed by atoms with Gasteiger partial charge >= 0.3 is 5.97 Å². The van der Waals surface area contributed by atoms with E-state index in [4.69, 9.17) is 4.74 Å². The lowest BCUT2D eigenvalue weighted by Crippen LogP contribution is -2.14. The third kappa shape index (κ3) is 8.28. The molecule has 21 heavy (non-hydrogen) atoms. The molecule has 0 atom stereocenters. The van der Waals surface area contributed by atoms with Crippen molar-refractivity contribution in [3.63, 3.8) is 0 Å². The molecule has 2 nitrogen and oxygen atoms in total. The molecule has 0 aliphatic heterocycles. The van der Waals surface area contributed by atoms with Crippen LogP contribution in [0, 0.1) is 11.8 Å². The smallest absolute Gasteiger partial charge is 0.333 e. The summed E-state index contributed by atoms with van der Waals surface area (Å²) in [5.41, 5.74) is 0.495. The molecule has 0 spiro atoms. The van der Waals surface area contributed by atoms with E-state index in [9.17, 15) is 4.79 Å². The Morgan fingerprint density at radius 1 is 1.00 bits per heavy atom. The third-order valence-electron chi connectivity index (χ3n) is 4.77. The van der Waals surface area contributed by atoms with Crippen LogP contribution in [0.15, 0.2) is 12.2 Å².